The Balaban J connectivity index is 1.58. The van der Waals surface area contributed by atoms with Crippen LogP contribution >= 0.6 is 11.8 Å². The van der Waals surface area contributed by atoms with Gasteiger partial charge >= 0.3 is 0 Å². The fourth-order valence-corrected chi connectivity index (χ4v) is 5.83. The smallest absolute Gasteiger partial charge is 0.251 e. The number of anilines is 1. The third kappa shape index (κ3) is 7.42. The molecule has 0 saturated heterocycles. The first-order chi connectivity index (χ1) is 22.2. The fraction of sp³-hybridized carbons (Fsp3) is 0.273. The van der Waals surface area contributed by atoms with Crippen molar-refractivity contribution in [1.29, 1.82) is 0 Å². The Morgan fingerprint density at radius 3 is 2.20 bits per heavy atom. The Labute approximate surface area is 270 Å². The van der Waals surface area contributed by atoms with Gasteiger partial charge in [-0.3, -0.25) is 9.59 Å². The summed E-state index contributed by atoms with van der Waals surface area (Å²) in [6.07, 6.45) is 0. The average molecular weight is 649 g/mol. The zero-order chi connectivity index (χ0) is 32.8. The molecule has 0 fully saturated rings. The number of halogens is 1. The minimum atomic E-state index is -1.21. The summed E-state index contributed by atoms with van der Waals surface area (Å²) in [6.45, 7) is 3.75. The van der Waals surface area contributed by atoms with Crippen molar-refractivity contribution in [2.75, 3.05) is 39.2 Å². The third-order valence-corrected chi connectivity index (χ3v) is 7.91. The Kier molecular flexibility index (Phi) is 10.1. The lowest BCUT2D eigenvalue weighted by atomic mass is 10.0. The second kappa shape index (κ2) is 14.4. The second-order valence-corrected chi connectivity index (χ2v) is 11.2. The lowest BCUT2D eigenvalue weighted by molar-refractivity contribution is -0.137. The molecule has 11 nitrogen and oxygen atoms in total. The summed E-state index contributed by atoms with van der Waals surface area (Å²) in [5, 5.41) is 3.35. The van der Waals surface area contributed by atoms with Gasteiger partial charge in [-0.15, -0.1) is 0 Å². The number of rotatable bonds is 12. The molecule has 1 aromatic heterocycles. The van der Waals surface area contributed by atoms with Gasteiger partial charge in [0.1, 0.15) is 11.9 Å². The van der Waals surface area contributed by atoms with Gasteiger partial charge in [0.2, 0.25) is 18.4 Å². The maximum absolute atomic E-state index is 14.3. The van der Waals surface area contributed by atoms with Gasteiger partial charge in [-0.2, -0.15) is 0 Å². The highest BCUT2D eigenvalue weighted by molar-refractivity contribution is 7.99. The van der Waals surface area contributed by atoms with E-state index in [2.05, 4.69) is 15.3 Å². The maximum atomic E-state index is 14.3. The molecule has 0 saturated carbocycles. The summed E-state index contributed by atoms with van der Waals surface area (Å²) >= 11 is 1.16. The van der Waals surface area contributed by atoms with Crippen LogP contribution in [0.2, 0.25) is 0 Å². The van der Waals surface area contributed by atoms with Crippen LogP contribution in [0.3, 0.4) is 0 Å². The number of nitrogens with one attached hydrogen (secondary N) is 1. The van der Waals surface area contributed by atoms with Gasteiger partial charge in [-0.05, 0) is 67.4 Å². The zero-order valence-corrected chi connectivity index (χ0v) is 26.8. The standard InChI is InChI=1S/C33H33FN4O7S/c1-19-12-20(2)36-33(35-19)46-17-29(39)38(16-21-6-8-23(34)9-7-21)30(22-13-27(41-3)31(43-5)28(14-22)42-4)32(40)37-24-10-11-25-26(15-24)45-18-44-25/h6-15,30H,16-18H2,1-5H3,(H,37,40)/t30-/m1/s1. The first kappa shape index (κ1) is 32.4. The number of thioether (sulfide) groups is 1. The SMILES string of the molecule is COc1cc([C@H](C(=O)Nc2ccc3c(c2)OCO3)N(Cc2ccc(F)cc2)C(=O)CSc2nc(C)cc(C)n2)cc(OC)c1OC. The number of hydrogen-bond acceptors (Lipinski definition) is 10. The highest BCUT2D eigenvalue weighted by Gasteiger charge is 2.34. The zero-order valence-electron chi connectivity index (χ0n) is 26.0. The van der Waals surface area contributed by atoms with Gasteiger partial charge in [-0.1, -0.05) is 23.9 Å². The van der Waals surface area contributed by atoms with E-state index in [0.29, 0.717) is 50.7 Å². The van der Waals surface area contributed by atoms with E-state index in [-0.39, 0.29) is 19.1 Å². The Morgan fingerprint density at radius 1 is 0.913 bits per heavy atom. The normalized spacial score (nSPS) is 12.3. The van der Waals surface area contributed by atoms with Crippen molar-refractivity contribution in [2.24, 2.45) is 0 Å². The quantitative estimate of drug-likeness (QED) is 0.156. The number of carbonyl (C=O) groups excluding carboxylic acids is 2. The highest BCUT2D eigenvalue weighted by Crippen LogP contribution is 2.42. The van der Waals surface area contributed by atoms with Gasteiger partial charge < -0.3 is 33.9 Å². The van der Waals surface area contributed by atoms with Gasteiger partial charge in [-0.25, -0.2) is 14.4 Å². The van der Waals surface area contributed by atoms with Crippen molar-refractivity contribution in [3.05, 3.63) is 89.0 Å². The van der Waals surface area contributed by atoms with Crippen LogP contribution in [0.15, 0.2) is 65.8 Å². The van der Waals surface area contributed by atoms with E-state index in [9.17, 15) is 14.0 Å². The van der Waals surface area contributed by atoms with Crippen LogP contribution in [0.4, 0.5) is 10.1 Å². The summed E-state index contributed by atoms with van der Waals surface area (Å²) in [7, 11) is 4.40. The summed E-state index contributed by atoms with van der Waals surface area (Å²) in [4.78, 5) is 38.8. The van der Waals surface area contributed by atoms with E-state index in [1.165, 1.54) is 38.4 Å². The van der Waals surface area contributed by atoms with Crippen LogP contribution in [0, 0.1) is 19.7 Å². The Bertz CT molecular complexity index is 1690. The van der Waals surface area contributed by atoms with Crippen LogP contribution in [0.5, 0.6) is 28.7 Å². The van der Waals surface area contributed by atoms with E-state index in [1.54, 1.807) is 42.5 Å². The van der Waals surface area contributed by atoms with Crippen molar-refractivity contribution in [3.8, 4) is 28.7 Å². The monoisotopic (exact) mass is 648 g/mol. The summed E-state index contributed by atoms with van der Waals surface area (Å²) in [5.41, 5.74) is 2.96. The molecule has 0 spiro atoms. The largest absolute Gasteiger partial charge is 0.493 e. The summed E-state index contributed by atoms with van der Waals surface area (Å²) < 4.78 is 41.4. The minimum absolute atomic E-state index is 0.0245. The first-order valence-corrected chi connectivity index (χ1v) is 15.2. The molecule has 5 rings (SSSR count). The fourth-order valence-electron chi connectivity index (χ4n) is 4.99. The van der Waals surface area contributed by atoms with E-state index in [4.69, 9.17) is 23.7 Å². The number of ether oxygens (including phenoxy) is 5. The predicted molar refractivity (Wildman–Crippen MR) is 169 cm³/mol. The third-order valence-electron chi connectivity index (χ3n) is 7.08. The number of methoxy groups -OCH3 is 3. The topological polar surface area (TPSA) is 121 Å². The molecule has 0 aliphatic carbocycles. The molecule has 13 heteroatoms. The van der Waals surface area contributed by atoms with Crippen LogP contribution in [-0.2, 0) is 16.1 Å². The Hall–Kier alpha value is -5.04. The number of hydrogen-bond donors (Lipinski definition) is 1. The van der Waals surface area contributed by atoms with Crippen molar-refractivity contribution in [3.63, 3.8) is 0 Å². The molecular formula is C33H33FN4O7S. The molecule has 1 aliphatic heterocycles. The Morgan fingerprint density at radius 2 is 1.57 bits per heavy atom. The van der Waals surface area contributed by atoms with E-state index in [1.807, 2.05) is 19.9 Å². The minimum Gasteiger partial charge on any atom is -0.493 e. The van der Waals surface area contributed by atoms with Crippen LogP contribution in [0.1, 0.15) is 28.6 Å². The average Bonchev–Trinajstić information content (AvgIpc) is 3.51. The molecule has 4 aromatic rings. The molecule has 46 heavy (non-hydrogen) atoms. The van der Waals surface area contributed by atoms with Crippen molar-refractivity contribution in [2.45, 2.75) is 31.6 Å². The molecule has 1 atom stereocenters. The molecule has 240 valence electrons. The molecule has 1 N–H and O–H groups in total. The number of aromatic nitrogens is 2. The van der Waals surface area contributed by atoms with E-state index < -0.39 is 23.7 Å². The molecule has 0 radical (unpaired) electrons. The van der Waals surface area contributed by atoms with Gasteiger partial charge in [0.05, 0.1) is 27.1 Å². The van der Waals surface area contributed by atoms with Crippen LogP contribution < -0.4 is 29.0 Å². The van der Waals surface area contributed by atoms with E-state index >= 15 is 0 Å². The number of aryl methyl sites for hydroxylation is 2. The molecule has 2 heterocycles. The van der Waals surface area contributed by atoms with Crippen LogP contribution in [-0.4, -0.2) is 60.6 Å². The molecule has 0 unspecified atom stereocenters. The molecular weight excluding hydrogens is 615 g/mol. The van der Waals surface area contributed by atoms with Gasteiger partial charge in [0.25, 0.3) is 5.91 Å². The number of amides is 2. The lowest BCUT2D eigenvalue weighted by Gasteiger charge is -2.32. The predicted octanol–water partition coefficient (Wildman–Crippen LogP) is 5.49. The van der Waals surface area contributed by atoms with Crippen molar-refractivity contribution < 1.29 is 37.7 Å². The maximum Gasteiger partial charge on any atom is 0.251 e. The molecule has 2 amide bonds. The molecule has 3 aromatic carbocycles. The summed E-state index contributed by atoms with van der Waals surface area (Å²) in [5.74, 6) is 0.517. The first-order valence-electron chi connectivity index (χ1n) is 14.2. The number of benzene rings is 3. The molecule has 0 bridgehead atoms. The van der Waals surface area contributed by atoms with Crippen molar-refractivity contribution in [1.82, 2.24) is 14.9 Å². The number of nitrogens with zero attached hydrogens (tertiary/aromatic N) is 3. The highest BCUT2D eigenvalue weighted by atomic mass is 32.2. The molecule has 1 aliphatic rings. The second-order valence-electron chi connectivity index (χ2n) is 10.3. The van der Waals surface area contributed by atoms with Crippen molar-refractivity contribution >= 4 is 29.3 Å². The number of fused-ring (bicyclic) bond motifs is 1. The number of carbonyl (C=O) groups is 2. The summed E-state index contributed by atoms with van der Waals surface area (Å²) in [6, 6.07) is 14.6. The van der Waals surface area contributed by atoms with Gasteiger partial charge in [0, 0.05) is 29.7 Å². The lowest BCUT2D eigenvalue weighted by Crippen LogP contribution is -2.42. The van der Waals surface area contributed by atoms with Crippen LogP contribution in [0.25, 0.3) is 0 Å². The van der Waals surface area contributed by atoms with E-state index in [0.717, 1.165) is 23.1 Å². The van der Waals surface area contributed by atoms with Gasteiger partial charge in [0.15, 0.2) is 28.2 Å².